The van der Waals surface area contributed by atoms with Gasteiger partial charge >= 0.3 is 0 Å². The van der Waals surface area contributed by atoms with E-state index in [0.717, 1.165) is 12.1 Å². The highest BCUT2D eigenvalue weighted by Gasteiger charge is 2.41. The molecular weight excluding hydrogens is 370 g/mol. The number of nitrogens with one attached hydrogen (secondary N) is 1. The molecule has 7 heteroatoms. The monoisotopic (exact) mass is 395 g/mol. The molecule has 1 aromatic carbocycles. The number of amides is 2. The molecule has 0 radical (unpaired) electrons. The number of likely N-dealkylation sites (tertiary alicyclic amines) is 1. The van der Waals surface area contributed by atoms with Crippen molar-refractivity contribution in [2.24, 2.45) is 0 Å². The molecule has 2 aliphatic rings. The number of anilines is 1. The highest BCUT2D eigenvalue weighted by molar-refractivity contribution is 6.05. The smallest absolute Gasteiger partial charge is 0.272 e. The largest absolute Gasteiger partial charge is 0.347 e. The SMILES string of the molecule is CCc1ccc(NC(=O)c2ccnc(C(=O)N3CCC4(CC3)OCCO4)c2)cc1. The van der Waals surface area contributed by atoms with Crippen molar-refractivity contribution in [1.29, 1.82) is 0 Å². The van der Waals surface area contributed by atoms with Crippen LogP contribution < -0.4 is 5.32 Å². The number of piperidine rings is 1. The Morgan fingerprint density at radius 3 is 2.45 bits per heavy atom. The summed E-state index contributed by atoms with van der Waals surface area (Å²) < 4.78 is 11.4. The second-order valence-electron chi connectivity index (χ2n) is 7.33. The van der Waals surface area contributed by atoms with Crippen LogP contribution in [0.3, 0.4) is 0 Å². The Hall–Kier alpha value is -2.77. The predicted molar refractivity (Wildman–Crippen MR) is 108 cm³/mol. The molecule has 1 aromatic heterocycles. The zero-order valence-electron chi connectivity index (χ0n) is 16.5. The maximum absolute atomic E-state index is 12.9. The lowest BCUT2D eigenvalue weighted by Crippen LogP contribution is -2.47. The van der Waals surface area contributed by atoms with Gasteiger partial charge in [0, 0.05) is 43.4 Å². The molecule has 0 aliphatic carbocycles. The molecule has 2 fully saturated rings. The van der Waals surface area contributed by atoms with Crippen molar-refractivity contribution in [3.05, 3.63) is 59.4 Å². The van der Waals surface area contributed by atoms with E-state index in [2.05, 4.69) is 17.2 Å². The summed E-state index contributed by atoms with van der Waals surface area (Å²) in [5, 5.41) is 2.86. The summed E-state index contributed by atoms with van der Waals surface area (Å²) in [7, 11) is 0. The first-order valence-corrected chi connectivity index (χ1v) is 10.0. The molecule has 0 atom stereocenters. The first-order chi connectivity index (χ1) is 14.1. The molecule has 0 unspecified atom stereocenters. The Kier molecular flexibility index (Phi) is 5.60. The predicted octanol–water partition coefficient (Wildman–Crippen LogP) is 2.88. The number of pyridine rings is 1. The zero-order chi connectivity index (χ0) is 20.3. The number of ether oxygens (including phenoxy) is 2. The molecule has 0 saturated carbocycles. The Balaban J connectivity index is 1.41. The molecule has 152 valence electrons. The quantitative estimate of drug-likeness (QED) is 0.861. The molecule has 3 heterocycles. The standard InChI is InChI=1S/C22H25N3O4/c1-2-16-3-5-18(6-4-16)24-20(26)17-7-10-23-19(15-17)21(27)25-11-8-22(9-12-25)28-13-14-29-22/h3-7,10,15H,2,8-9,11-14H2,1H3,(H,24,26). The van der Waals surface area contributed by atoms with Gasteiger partial charge < -0.3 is 19.7 Å². The van der Waals surface area contributed by atoms with Gasteiger partial charge in [-0.1, -0.05) is 19.1 Å². The van der Waals surface area contributed by atoms with Gasteiger partial charge in [-0.3, -0.25) is 14.6 Å². The topological polar surface area (TPSA) is 80.8 Å². The third kappa shape index (κ3) is 4.31. The summed E-state index contributed by atoms with van der Waals surface area (Å²) in [6.07, 6.45) is 3.73. The van der Waals surface area contributed by atoms with Crippen molar-refractivity contribution in [2.75, 3.05) is 31.6 Å². The lowest BCUT2D eigenvalue weighted by atomic mass is 10.0. The van der Waals surface area contributed by atoms with Crippen LogP contribution in [-0.4, -0.2) is 53.8 Å². The van der Waals surface area contributed by atoms with Crippen LogP contribution in [-0.2, 0) is 15.9 Å². The molecule has 2 aliphatic heterocycles. The molecule has 2 aromatic rings. The van der Waals surface area contributed by atoms with Crippen molar-refractivity contribution >= 4 is 17.5 Å². The fourth-order valence-corrected chi connectivity index (χ4v) is 3.71. The minimum Gasteiger partial charge on any atom is -0.347 e. The van der Waals surface area contributed by atoms with E-state index in [1.165, 1.54) is 11.8 Å². The maximum atomic E-state index is 12.9. The van der Waals surface area contributed by atoms with Gasteiger partial charge in [-0.15, -0.1) is 0 Å². The number of nitrogens with zero attached hydrogens (tertiary/aromatic N) is 2. The van der Waals surface area contributed by atoms with Gasteiger partial charge in [-0.2, -0.15) is 0 Å². The first kappa shape index (κ1) is 19.5. The minimum absolute atomic E-state index is 0.181. The lowest BCUT2D eigenvalue weighted by molar-refractivity contribution is -0.181. The van der Waals surface area contributed by atoms with Gasteiger partial charge in [0.2, 0.25) is 0 Å². The van der Waals surface area contributed by atoms with Gasteiger partial charge in [0.25, 0.3) is 11.8 Å². The van der Waals surface area contributed by atoms with Crippen molar-refractivity contribution in [3.8, 4) is 0 Å². The van der Waals surface area contributed by atoms with Gasteiger partial charge in [-0.05, 0) is 36.2 Å². The maximum Gasteiger partial charge on any atom is 0.272 e. The van der Waals surface area contributed by atoms with E-state index in [-0.39, 0.29) is 17.5 Å². The Morgan fingerprint density at radius 1 is 1.10 bits per heavy atom. The summed E-state index contributed by atoms with van der Waals surface area (Å²) in [4.78, 5) is 31.4. The number of carbonyl (C=O) groups is 2. The van der Waals surface area contributed by atoms with Crippen LogP contribution in [0.15, 0.2) is 42.6 Å². The van der Waals surface area contributed by atoms with Gasteiger partial charge in [0.15, 0.2) is 5.79 Å². The highest BCUT2D eigenvalue weighted by Crippen LogP contribution is 2.31. The van der Waals surface area contributed by atoms with Crippen molar-refractivity contribution in [1.82, 2.24) is 9.88 Å². The molecule has 2 amide bonds. The molecule has 1 N–H and O–H groups in total. The van der Waals surface area contributed by atoms with Crippen LogP contribution in [0.2, 0.25) is 0 Å². The van der Waals surface area contributed by atoms with Crippen LogP contribution >= 0.6 is 0 Å². The van der Waals surface area contributed by atoms with Gasteiger partial charge in [-0.25, -0.2) is 0 Å². The van der Waals surface area contributed by atoms with Crippen LogP contribution in [0.4, 0.5) is 5.69 Å². The summed E-state index contributed by atoms with van der Waals surface area (Å²) >= 11 is 0. The van der Waals surface area contributed by atoms with Crippen LogP contribution in [0, 0.1) is 0 Å². The molecular formula is C22H25N3O4. The van der Waals surface area contributed by atoms with E-state index < -0.39 is 5.79 Å². The third-order valence-electron chi connectivity index (χ3n) is 5.49. The Bertz CT molecular complexity index is 881. The Labute approximate surface area is 170 Å². The molecule has 0 bridgehead atoms. The fraction of sp³-hybridized carbons (Fsp3) is 0.409. The number of aromatic nitrogens is 1. The minimum atomic E-state index is -0.529. The number of aryl methyl sites for hydroxylation is 1. The van der Waals surface area contributed by atoms with Crippen molar-refractivity contribution in [2.45, 2.75) is 32.0 Å². The summed E-state index contributed by atoms with van der Waals surface area (Å²) in [6.45, 7) is 4.38. The van der Waals surface area contributed by atoms with Crippen molar-refractivity contribution in [3.63, 3.8) is 0 Å². The summed E-state index contributed by atoms with van der Waals surface area (Å²) in [5.41, 5.74) is 2.59. The number of hydrogen-bond donors (Lipinski definition) is 1. The number of benzene rings is 1. The summed E-state index contributed by atoms with van der Waals surface area (Å²) in [6, 6.07) is 10.9. The number of rotatable bonds is 4. The zero-order valence-corrected chi connectivity index (χ0v) is 16.5. The normalized spacial score (nSPS) is 18.0. The fourth-order valence-electron chi connectivity index (χ4n) is 3.71. The van der Waals surface area contributed by atoms with Crippen LogP contribution in [0.25, 0.3) is 0 Å². The van der Waals surface area contributed by atoms with E-state index in [4.69, 9.17) is 9.47 Å². The van der Waals surface area contributed by atoms with E-state index >= 15 is 0 Å². The molecule has 7 nitrogen and oxygen atoms in total. The number of hydrogen-bond acceptors (Lipinski definition) is 5. The van der Waals surface area contributed by atoms with Crippen molar-refractivity contribution < 1.29 is 19.1 Å². The average molecular weight is 395 g/mol. The third-order valence-corrected chi connectivity index (χ3v) is 5.49. The second-order valence-corrected chi connectivity index (χ2v) is 7.33. The van der Waals surface area contributed by atoms with Gasteiger partial charge in [0.05, 0.1) is 13.2 Å². The summed E-state index contributed by atoms with van der Waals surface area (Å²) in [5.74, 6) is -0.977. The Morgan fingerprint density at radius 2 is 1.79 bits per heavy atom. The molecule has 29 heavy (non-hydrogen) atoms. The molecule has 4 rings (SSSR count). The highest BCUT2D eigenvalue weighted by atomic mass is 16.7. The lowest BCUT2D eigenvalue weighted by Gasteiger charge is -2.37. The number of carbonyl (C=O) groups excluding carboxylic acids is 2. The molecule has 2 saturated heterocycles. The van der Waals surface area contributed by atoms with E-state index in [0.29, 0.717) is 44.7 Å². The van der Waals surface area contributed by atoms with Gasteiger partial charge in [0.1, 0.15) is 5.69 Å². The molecule has 1 spiro atoms. The van der Waals surface area contributed by atoms with E-state index in [1.807, 2.05) is 24.3 Å². The van der Waals surface area contributed by atoms with E-state index in [1.54, 1.807) is 17.0 Å². The van der Waals surface area contributed by atoms with E-state index in [9.17, 15) is 9.59 Å². The van der Waals surface area contributed by atoms with Crippen LogP contribution in [0.5, 0.6) is 0 Å². The first-order valence-electron chi connectivity index (χ1n) is 10.0. The second kappa shape index (κ2) is 8.31. The average Bonchev–Trinajstić information content (AvgIpc) is 3.22. The van der Waals surface area contributed by atoms with Crippen LogP contribution in [0.1, 0.15) is 46.2 Å².